The summed E-state index contributed by atoms with van der Waals surface area (Å²) in [6, 6.07) is 11.2. The first-order valence-electron chi connectivity index (χ1n) is 26.7. The predicted octanol–water partition coefficient (Wildman–Crippen LogP) is -0.677. The molecule has 32 nitrogen and oxygen atoms in total. The summed E-state index contributed by atoms with van der Waals surface area (Å²) in [5.41, 5.74) is 44.1. The molecule has 0 radical (unpaired) electrons. The monoisotopic (exact) mass is 1210 g/mol. The fraction of sp³-hybridized carbons (Fsp3) is 0.345. The fourth-order valence-electron chi connectivity index (χ4n) is 8.23. The lowest BCUT2D eigenvalue weighted by atomic mass is 10.1. The number of aliphatic imine (C=N–C) groups is 3. The van der Waals surface area contributed by atoms with Crippen molar-refractivity contribution in [3.63, 3.8) is 0 Å². The molecule has 0 heterocycles. The molecule has 0 fully saturated rings. The van der Waals surface area contributed by atoms with E-state index in [9.17, 15) is 48.3 Å². The predicted molar refractivity (Wildman–Crippen MR) is 323 cm³/mol. The Hall–Kier alpha value is -10.9. The van der Waals surface area contributed by atoms with Crippen molar-refractivity contribution in [2.24, 2.45) is 60.8 Å². The number of primary amides is 1. The molecule has 0 bridgehead atoms. The number of carboxylic acid groups (broad SMARTS) is 1. The summed E-state index contributed by atoms with van der Waals surface area (Å²) in [5.74, 6) is -8.03. The van der Waals surface area contributed by atoms with Gasteiger partial charge in [-0.1, -0.05) is 0 Å². The van der Waals surface area contributed by atoms with Crippen molar-refractivity contribution >= 4 is 93.9 Å². The van der Waals surface area contributed by atoms with Gasteiger partial charge in [0.15, 0.2) is 17.9 Å². The van der Waals surface area contributed by atoms with Crippen molar-refractivity contribution in [3.8, 4) is 23.0 Å². The third-order valence-corrected chi connectivity index (χ3v) is 12.6. The molecule has 0 aliphatic heterocycles. The second-order valence-electron chi connectivity index (χ2n) is 18.9. The van der Waals surface area contributed by atoms with E-state index in [0.717, 1.165) is 0 Å². The quantitative estimate of drug-likeness (QED) is 0.0157. The van der Waals surface area contributed by atoms with Crippen LogP contribution in [0.1, 0.15) is 92.8 Å². The summed E-state index contributed by atoms with van der Waals surface area (Å²) in [6.45, 7) is 0.408. The Balaban J connectivity index is 1.58. The van der Waals surface area contributed by atoms with Gasteiger partial charge >= 0.3 is 5.97 Å². The highest BCUT2D eigenvalue weighted by Gasteiger charge is 2.29. The van der Waals surface area contributed by atoms with Gasteiger partial charge in [0.1, 0.15) is 41.1 Å². The van der Waals surface area contributed by atoms with Crippen LogP contribution in [0, 0.1) is 0 Å². The van der Waals surface area contributed by atoms with Gasteiger partial charge in [-0.2, -0.15) is 0 Å². The van der Waals surface area contributed by atoms with Gasteiger partial charge in [-0.25, -0.2) is 0 Å². The first-order valence-corrected chi connectivity index (χ1v) is 26.7. The molecule has 4 rings (SSSR count). The lowest BCUT2D eigenvalue weighted by Gasteiger charge is -2.21. The van der Waals surface area contributed by atoms with Crippen LogP contribution in [-0.2, 0) is 24.0 Å². The van der Waals surface area contributed by atoms with Crippen molar-refractivity contribution in [1.29, 1.82) is 0 Å². The maximum atomic E-state index is 14.2. The maximum absolute atomic E-state index is 14.2. The van der Waals surface area contributed by atoms with Gasteiger partial charge in [-0.3, -0.25) is 58.1 Å². The molecule has 4 aromatic rings. The minimum absolute atomic E-state index is 0.00329. The minimum atomic E-state index is -1.56. The van der Waals surface area contributed by atoms with Crippen LogP contribution in [0.5, 0.6) is 23.0 Å². The molecule has 4 aromatic carbocycles. The maximum Gasteiger partial charge on any atom is 0.303 e. The largest absolute Gasteiger partial charge is 0.496 e. The Morgan fingerprint density at radius 3 is 1.01 bits per heavy atom. The van der Waals surface area contributed by atoms with Crippen molar-refractivity contribution in [1.82, 2.24) is 16.0 Å². The van der Waals surface area contributed by atoms with Crippen LogP contribution >= 0.6 is 0 Å². The second kappa shape index (κ2) is 34.0. The van der Waals surface area contributed by atoms with Crippen molar-refractivity contribution in [3.05, 3.63) is 95.1 Å². The van der Waals surface area contributed by atoms with Gasteiger partial charge in [0.05, 0.1) is 56.7 Å². The number of ether oxygens (including phenoxy) is 4. The first-order chi connectivity index (χ1) is 41.4. The number of carboxylic acids is 1. The lowest BCUT2D eigenvalue weighted by molar-refractivity contribution is -0.137. The average molecular weight is 1210 g/mol. The van der Waals surface area contributed by atoms with E-state index in [2.05, 4.69) is 52.2 Å². The SMILES string of the molecule is COc1ccc(NC(=O)C(CCCN=C(N)N)NC(=O)c2cc(NC(=O)[C@H](CCC(=O)O)NC(=O)c3cc(NC(=O)[C@H](CCCN=C(N)N)NC(=O)c4cc(NC(=O)[C@@H](N)CCCN=C(N)N)ccc4OC)ccc3OC)ccc2OC)cc1C(N)=O. The molecule has 24 N–H and O–H groups in total. The Kier molecular flexibility index (Phi) is 26.8. The number of nitrogens with one attached hydrogen (secondary N) is 7. The molecule has 0 aliphatic rings. The molecule has 0 aromatic heterocycles. The van der Waals surface area contributed by atoms with E-state index in [1.54, 1.807) is 0 Å². The number of carbonyl (C=O) groups excluding carboxylic acids is 8. The highest BCUT2D eigenvalue weighted by Crippen LogP contribution is 2.28. The topological polar surface area (TPSA) is 540 Å². The number of methoxy groups -OCH3 is 4. The van der Waals surface area contributed by atoms with Crippen LogP contribution in [0.3, 0.4) is 0 Å². The van der Waals surface area contributed by atoms with Crippen molar-refractivity contribution in [2.45, 2.75) is 75.5 Å². The summed E-state index contributed by atoms with van der Waals surface area (Å²) >= 11 is 0. The van der Waals surface area contributed by atoms with Crippen LogP contribution in [0.25, 0.3) is 0 Å². The number of aliphatic carboxylic acids is 1. The van der Waals surface area contributed by atoms with Crippen LogP contribution < -0.4 is 102 Å². The van der Waals surface area contributed by atoms with E-state index >= 15 is 0 Å². The zero-order valence-electron chi connectivity index (χ0n) is 48.2. The van der Waals surface area contributed by atoms with Crippen molar-refractivity contribution in [2.75, 3.05) is 69.3 Å². The number of rotatable bonds is 34. The number of benzene rings is 4. The molecule has 8 amide bonds. The van der Waals surface area contributed by atoms with Gasteiger partial charge in [-0.15, -0.1) is 0 Å². The third-order valence-electron chi connectivity index (χ3n) is 12.6. The van der Waals surface area contributed by atoms with Crippen molar-refractivity contribution < 1.29 is 67.2 Å². The molecular formula is C55H74N18O14. The molecule has 4 atom stereocenters. The summed E-state index contributed by atoms with van der Waals surface area (Å²) in [4.78, 5) is 133. The number of guanidine groups is 3. The molecular weight excluding hydrogens is 1140 g/mol. The van der Waals surface area contributed by atoms with Crippen LogP contribution in [0.2, 0.25) is 0 Å². The normalized spacial score (nSPS) is 11.9. The number of carbonyl (C=O) groups is 9. The second-order valence-corrected chi connectivity index (χ2v) is 18.9. The number of anilines is 4. The number of nitrogens with zero attached hydrogens (tertiary/aromatic N) is 3. The number of amides is 8. The first kappa shape index (κ1) is 68.6. The van der Waals surface area contributed by atoms with E-state index in [4.69, 9.17) is 64.8 Å². The summed E-state index contributed by atoms with van der Waals surface area (Å²) < 4.78 is 21.5. The van der Waals surface area contributed by atoms with Gasteiger partial charge in [0, 0.05) is 48.8 Å². The average Bonchev–Trinajstić information content (AvgIpc) is 2.94. The molecule has 0 saturated heterocycles. The van der Waals surface area contributed by atoms with E-state index in [1.165, 1.54) is 101 Å². The van der Waals surface area contributed by atoms with Gasteiger partial charge in [-0.05, 0) is 118 Å². The Morgan fingerprint density at radius 2 is 0.713 bits per heavy atom. The Bertz CT molecular complexity index is 3240. The Morgan fingerprint density at radius 1 is 0.425 bits per heavy atom. The fourth-order valence-corrected chi connectivity index (χ4v) is 8.23. The number of nitrogens with two attached hydrogens (primary N) is 8. The number of hydrogen-bond donors (Lipinski definition) is 16. The summed E-state index contributed by atoms with van der Waals surface area (Å²) in [5, 5.41) is 28.1. The molecule has 0 saturated carbocycles. The van der Waals surface area contributed by atoms with E-state index in [1.807, 2.05) is 0 Å². The van der Waals surface area contributed by atoms with Crippen LogP contribution in [0.15, 0.2) is 87.8 Å². The molecule has 87 heavy (non-hydrogen) atoms. The van der Waals surface area contributed by atoms with E-state index < -0.39 is 90.2 Å². The smallest absolute Gasteiger partial charge is 0.303 e. The van der Waals surface area contributed by atoms with Gasteiger partial charge in [0.2, 0.25) is 23.6 Å². The molecule has 32 heteroatoms. The molecule has 468 valence electrons. The Labute approximate surface area is 499 Å². The van der Waals surface area contributed by atoms with Gasteiger partial charge in [0.25, 0.3) is 23.6 Å². The summed E-state index contributed by atoms with van der Waals surface area (Å²) in [7, 11) is 5.17. The van der Waals surface area contributed by atoms with E-state index in [0.29, 0.717) is 6.42 Å². The minimum Gasteiger partial charge on any atom is -0.496 e. The van der Waals surface area contributed by atoms with Crippen LogP contribution in [-0.4, -0.2) is 148 Å². The standard InChI is InChI=1S/C55H74N18O14/c1-84-40-16-11-28(24-32(40)45(57)76)68-50(81)37(9-6-22-65-54(60)61)71-47(78)34-27-31(14-19-42(34)86-3)70-52(83)39(15-20-44(74)75)73-48(79)35-26-30(13-18-43(35)87-4)69-51(82)38(10-7-23-66-55(62)63)72-46(77)33-25-29(12-17-41(33)85-2)67-49(80)36(56)8-5-21-64-53(58)59/h11-14,16-19,24-27,36-39H,5-10,15,20-23,56H2,1-4H3,(H2,57,76)(H,67,80)(H,68,81)(H,69,82)(H,70,83)(H,71,78)(H,72,77)(H,73,79)(H,74,75)(H4,58,59,64)(H4,60,61,65)(H4,62,63,66)/t36-,37?,38-,39-/m0/s1. The zero-order chi connectivity index (χ0) is 64.3. The summed E-state index contributed by atoms with van der Waals surface area (Å²) in [6.07, 6.45) is -0.0459. The van der Waals surface area contributed by atoms with Crippen LogP contribution in [0.4, 0.5) is 22.7 Å². The van der Waals surface area contributed by atoms with Gasteiger partial charge < -0.3 is 107 Å². The molecule has 1 unspecified atom stereocenters. The third kappa shape index (κ3) is 22.0. The highest BCUT2D eigenvalue weighted by molar-refractivity contribution is 6.08. The highest BCUT2D eigenvalue weighted by atomic mass is 16.5. The molecule has 0 spiro atoms. The van der Waals surface area contributed by atoms with E-state index in [-0.39, 0.29) is 138 Å². The molecule has 0 aliphatic carbocycles. The lowest BCUT2D eigenvalue weighted by Crippen LogP contribution is -2.45. The zero-order valence-corrected chi connectivity index (χ0v) is 48.2. The number of hydrogen-bond acceptors (Lipinski definition) is 17.